The van der Waals surface area contributed by atoms with E-state index in [-0.39, 0.29) is 71.4 Å². The highest BCUT2D eigenvalue weighted by Crippen LogP contribution is 2.47. The Labute approximate surface area is 298 Å². The Morgan fingerprint density at radius 3 is 2.24 bits per heavy atom. The molecule has 2 fully saturated rings. The Balaban J connectivity index is 1.90. The largest absolute Gasteiger partial charge is 0.481 e. The van der Waals surface area contributed by atoms with Crippen LogP contribution in [0.3, 0.4) is 0 Å². The first-order chi connectivity index (χ1) is 23.0. The van der Waals surface area contributed by atoms with Gasteiger partial charge in [-0.3, -0.25) is 14.6 Å². The minimum absolute atomic E-state index is 0.0451. The van der Waals surface area contributed by atoms with Gasteiger partial charge in [0.2, 0.25) is 0 Å². The summed E-state index contributed by atoms with van der Waals surface area (Å²) in [6.45, 7) is 21.5. The lowest BCUT2D eigenvalue weighted by atomic mass is 9.63. The monoisotopic (exact) mass is 692 g/mol. The molecule has 0 amide bonds. The van der Waals surface area contributed by atoms with Gasteiger partial charge < -0.3 is 24.4 Å². The van der Waals surface area contributed by atoms with E-state index in [9.17, 15) is 19.8 Å². The smallest absolute Gasteiger partial charge is 0.309 e. The lowest BCUT2D eigenvalue weighted by Crippen LogP contribution is -2.51. The number of nitrogens with zero attached hydrogens (tertiary/aromatic N) is 1. The summed E-state index contributed by atoms with van der Waals surface area (Å²) >= 11 is 0. The number of aliphatic hydroxyl groups excluding tert-OH is 1. The van der Waals surface area contributed by atoms with Crippen molar-refractivity contribution in [1.29, 1.82) is 0 Å². The third-order valence-electron chi connectivity index (χ3n) is 14.0. The number of carbonyl (C=O) groups excluding carboxylic acids is 1. The molecule has 3 aliphatic rings. The Morgan fingerprint density at radius 1 is 1.04 bits per heavy atom. The van der Waals surface area contributed by atoms with Crippen LogP contribution >= 0.6 is 0 Å². The molecule has 4 unspecified atom stereocenters. The van der Waals surface area contributed by atoms with Crippen LogP contribution in [0.25, 0.3) is 0 Å². The van der Waals surface area contributed by atoms with E-state index in [1.807, 2.05) is 13.8 Å². The molecule has 49 heavy (non-hydrogen) atoms. The standard InChI is InChI=1S/C41H73NO7/c1-13-31(14-2)49-39(46)28(7)33(21-30-19-25(4)37(43)41(10,23-30)48-12)27(6)29(8)40(9,47-11)22-26(5)36-24(3)20-34(38(44)45)32-17-15-16-18-35(32)42-36/h24-35,37,43H,13-23H2,1-12H3,(H,44,45)/t24?,25?,26-,27-,28-,29-,30+,32-,33+,34?,35?,37+,40-,41-/m1/s1. The number of rotatable bonds is 16. The molecule has 2 N–H and O–H groups in total. The van der Waals surface area contributed by atoms with Gasteiger partial charge in [-0.1, -0.05) is 68.2 Å². The first-order valence-corrected chi connectivity index (χ1v) is 19.8. The summed E-state index contributed by atoms with van der Waals surface area (Å²) < 4.78 is 18.4. The van der Waals surface area contributed by atoms with Gasteiger partial charge in [-0.05, 0) is 119 Å². The molecule has 1 heterocycles. The number of fused-ring (bicyclic) bond motifs is 1. The molecule has 3 rings (SSSR count). The third kappa shape index (κ3) is 9.68. The molecule has 0 aromatic heterocycles. The lowest BCUT2D eigenvalue weighted by molar-refractivity contribution is -0.161. The van der Waals surface area contributed by atoms with Crippen molar-refractivity contribution in [2.24, 2.45) is 64.2 Å². The van der Waals surface area contributed by atoms with Gasteiger partial charge in [0.05, 0.1) is 35.2 Å². The van der Waals surface area contributed by atoms with Crippen LogP contribution in [0.4, 0.5) is 0 Å². The van der Waals surface area contributed by atoms with Crippen LogP contribution in [0.2, 0.25) is 0 Å². The summed E-state index contributed by atoms with van der Waals surface area (Å²) in [7, 11) is 3.50. The SMILES string of the molecule is CCC(CC)OC(=O)[C@H](C)[C@@H](C[C@@H]1CC(C)[C@H](O)[C@](C)(OC)C1)[C@H](C)[C@@H](C)[C@@](C)(C[C@@H](C)C1=NC2CCCC[C@@H]2C(C(=O)O)CC1C)OC. The number of carbonyl (C=O) groups is 2. The van der Waals surface area contributed by atoms with Gasteiger partial charge >= 0.3 is 11.9 Å². The van der Waals surface area contributed by atoms with Crippen molar-refractivity contribution in [3.05, 3.63) is 0 Å². The van der Waals surface area contributed by atoms with Gasteiger partial charge in [-0.15, -0.1) is 0 Å². The molecule has 0 bridgehead atoms. The third-order valence-corrected chi connectivity index (χ3v) is 14.0. The van der Waals surface area contributed by atoms with Crippen LogP contribution in [0.15, 0.2) is 4.99 Å². The number of hydrogen-bond acceptors (Lipinski definition) is 7. The average Bonchev–Trinajstić information content (AvgIpc) is 3.23. The molecule has 14 atom stereocenters. The van der Waals surface area contributed by atoms with Crippen LogP contribution in [0.1, 0.15) is 140 Å². The maximum Gasteiger partial charge on any atom is 0.309 e. The van der Waals surface area contributed by atoms with Gasteiger partial charge in [0, 0.05) is 19.9 Å². The van der Waals surface area contributed by atoms with Crippen LogP contribution in [-0.2, 0) is 23.8 Å². The van der Waals surface area contributed by atoms with Gasteiger partial charge in [0.1, 0.15) is 6.10 Å². The fourth-order valence-electron chi connectivity index (χ4n) is 10.3. The van der Waals surface area contributed by atoms with Gasteiger partial charge in [0.15, 0.2) is 0 Å². The number of aliphatic imine (C=N–C) groups is 1. The summed E-state index contributed by atoms with van der Waals surface area (Å²) in [5.41, 5.74) is 0.0286. The molecular weight excluding hydrogens is 618 g/mol. The maximum atomic E-state index is 13.8. The lowest BCUT2D eigenvalue weighted by Gasteiger charge is -2.47. The molecule has 0 aromatic carbocycles. The summed E-state index contributed by atoms with van der Waals surface area (Å²) in [6, 6.07) is 0.0860. The Kier molecular flexibility index (Phi) is 15.2. The second-order valence-corrected chi connectivity index (χ2v) is 17.2. The highest BCUT2D eigenvalue weighted by atomic mass is 16.5. The fraction of sp³-hybridized carbons (Fsp3) is 0.927. The molecule has 0 radical (unpaired) electrons. The van der Waals surface area contributed by atoms with E-state index in [1.165, 1.54) is 0 Å². The van der Waals surface area contributed by atoms with Crippen LogP contribution in [0, 0.1) is 59.2 Å². The molecule has 0 spiro atoms. The van der Waals surface area contributed by atoms with Crippen molar-refractivity contribution < 1.29 is 34.0 Å². The zero-order valence-electron chi connectivity index (χ0n) is 33.2. The van der Waals surface area contributed by atoms with Crippen molar-refractivity contribution in [3.63, 3.8) is 0 Å². The van der Waals surface area contributed by atoms with Gasteiger partial charge in [-0.2, -0.15) is 0 Å². The van der Waals surface area contributed by atoms with Crippen molar-refractivity contribution in [2.45, 2.75) is 169 Å². The minimum Gasteiger partial charge on any atom is -0.481 e. The van der Waals surface area contributed by atoms with Gasteiger partial charge in [0.25, 0.3) is 0 Å². The van der Waals surface area contributed by atoms with E-state index in [2.05, 4.69) is 55.4 Å². The van der Waals surface area contributed by atoms with Crippen molar-refractivity contribution in [3.8, 4) is 0 Å². The molecule has 2 saturated carbocycles. The first kappa shape index (κ1) is 41.9. The summed E-state index contributed by atoms with van der Waals surface area (Å²) in [5, 5.41) is 21.2. The first-order valence-electron chi connectivity index (χ1n) is 19.8. The number of methoxy groups -OCH3 is 2. The van der Waals surface area contributed by atoms with Crippen LogP contribution < -0.4 is 0 Å². The minimum atomic E-state index is -0.674. The Morgan fingerprint density at radius 2 is 1.67 bits per heavy atom. The van der Waals surface area contributed by atoms with Crippen molar-refractivity contribution in [1.82, 2.24) is 0 Å². The molecule has 8 nitrogen and oxygen atoms in total. The second-order valence-electron chi connectivity index (χ2n) is 17.2. The van der Waals surface area contributed by atoms with Crippen molar-refractivity contribution in [2.75, 3.05) is 14.2 Å². The molecule has 2 aliphatic carbocycles. The molecule has 1 aliphatic heterocycles. The molecule has 8 heteroatoms. The number of aliphatic hydroxyl groups is 1. The number of carboxylic acids is 1. The highest BCUT2D eigenvalue weighted by Gasteiger charge is 2.48. The van der Waals surface area contributed by atoms with E-state index in [0.29, 0.717) is 12.3 Å². The number of carboxylic acid groups (broad SMARTS) is 1. The molecule has 0 aromatic rings. The predicted octanol–water partition coefficient (Wildman–Crippen LogP) is 8.62. The van der Waals surface area contributed by atoms with Gasteiger partial charge in [-0.25, -0.2) is 0 Å². The molecule has 284 valence electrons. The summed E-state index contributed by atoms with van der Waals surface area (Å²) in [6.07, 6.45) is 9.00. The normalized spacial score (nSPS) is 35.1. The van der Waals surface area contributed by atoms with Crippen LogP contribution in [-0.4, -0.2) is 71.5 Å². The van der Waals surface area contributed by atoms with E-state index < -0.39 is 23.3 Å². The van der Waals surface area contributed by atoms with E-state index in [4.69, 9.17) is 19.2 Å². The number of aliphatic carboxylic acids is 1. The Hall–Kier alpha value is -1.51. The molecular formula is C41H73NO7. The highest BCUT2D eigenvalue weighted by molar-refractivity contribution is 5.89. The summed E-state index contributed by atoms with van der Waals surface area (Å²) in [5.74, 6) is -0.415. The van der Waals surface area contributed by atoms with E-state index in [0.717, 1.165) is 69.9 Å². The average molecular weight is 692 g/mol. The second kappa shape index (κ2) is 17.8. The van der Waals surface area contributed by atoms with Crippen LogP contribution in [0.5, 0.6) is 0 Å². The maximum absolute atomic E-state index is 13.8. The zero-order valence-corrected chi connectivity index (χ0v) is 33.2. The van der Waals surface area contributed by atoms with Crippen molar-refractivity contribution >= 4 is 17.7 Å². The molecule has 0 saturated heterocycles. The number of hydrogen-bond donors (Lipinski definition) is 2. The topological polar surface area (TPSA) is 115 Å². The summed E-state index contributed by atoms with van der Waals surface area (Å²) in [4.78, 5) is 31.5. The number of ether oxygens (including phenoxy) is 3. The number of esters is 1. The van der Waals surface area contributed by atoms with E-state index >= 15 is 0 Å². The Bertz CT molecular complexity index is 1110. The predicted molar refractivity (Wildman–Crippen MR) is 197 cm³/mol. The zero-order chi connectivity index (χ0) is 36.8. The quantitative estimate of drug-likeness (QED) is 0.156. The fourth-order valence-corrected chi connectivity index (χ4v) is 10.3. The van der Waals surface area contributed by atoms with E-state index in [1.54, 1.807) is 14.2 Å².